The summed E-state index contributed by atoms with van der Waals surface area (Å²) in [5, 5.41) is 5.51. The third kappa shape index (κ3) is 7.18. The summed E-state index contributed by atoms with van der Waals surface area (Å²) in [5.74, 6) is -0.233. The Kier molecular flexibility index (Phi) is 6.83. The van der Waals surface area contributed by atoms with Gasteiger partial charge in [-0.25, -0.2) is 4.79 Å². The van der Waals surface area contributed by atoms with E-state index in [1.807, 2.05) is 0 Å². The van der Waals surface area contributed by atoms with E-state index in [4.69, 9.17) is 9.47 Å². The van der Waals surface area contributed by atoms with Crippen LogP contribution < -0.4 is 10.6 Å². The zero-order valence-corrected chi connectivity index (χ0v) is 15.2. The first kappa shape index (κ1) is 19.7. The molecule has 2 amide bonds. The van der Waals surface area contributed by atoms with E-state index in [1.165, 1.54) is 0 Å². The Hall–Kier alpha value is -1.34. The molecule has 0 aromatic heterocycles. The lowest BCUT2D eigenvalue weighted by Crippen LogP contribution is -2.57. The van der Waals surface area contributed by atoms with Gasteiger partial charge in [0.25, 0.3) is 0 Å². The maximum Gasteiger partial charge on any atom is 0.408 e. The zero-order chi connectivity index (χ0) is 17.7. The molecule has 0 aromatic rings. The number of ether oxygens (including phenoxy) is 2. The summed E-state index contributed by atoms with van der Waals surface area (Å²) in [7, 11) is 0. The minimum absolute atomic E-state index is 0.222. The predicted molar refractivity (Wildman–Crippen MR) is 88.3 cm³/mol. The first-order chi connectivity index (χ1) is 10.5. The Morgan fingerprint density at radius 2 is 1.74 bits per heavy atom. The number of alkyl carbamates (subject to hydrolysis) is 1. The fraction of sp³-hybridized carbons (Fsp3) is 0.875. The van der Waals surface area contributed by atoms with Crippen LogP contribution in [0.2, 0.25) is 0 Å². The molecule has 7 heteroatoms. The molecule has 0 saturated carbocycles. The molecular weight excluding hydrogens is 298 g/mol. The molecule has 134 valence electrons. The molecule has 1 aliphatic rings. The fourth-order valence-corrected chi connectivity index (χ4v) is 2.22. The summed E-state index contributed by atoms with van der Waals surface area (Å²) in [4.78, 5) is 26.4. The molecule has 1 saturated heterocycles. The third-order valence-corrected chi connectivity index (χ3v) is 3.61. The highest BCUT2D eigenvalue weighted by Gasteiger charge is 2.32. The van der Waals surface area contributed by atoms with Crippen LogP contribution >= 0.6 is 0 Å². The van der Waals surface area contributed by atoms with E-state index in [2.05, 4.69) is 22.5 Å². The average Bonchev–Trinajstić information content (AvgIpc) is 2.42. The highest BCUT2D eigenvalue weighted by Crippen LogP contribution is 2.10. The van der Waals surface area contributed by atoms with Gasteiger partial charge in [0.15, 0.2) is 0 Å². The maximum atomic E-state index is 12.3. The zero-order valence-electron chi connectivity index (χ0n) is 15.2. The van der Waals surface area contributed by atoms with E-state index in [0.29, 0.717) is 6.54 Å². The minimum Gasteiger partial charge on any atom is -0.444 e. The Bertz CT molecular complexity index is 412. The Balaban J connectivity index is 2.43. The van der Waals surface area contributed by atoms with E-state index >= 15 is 0 Å². The van der Waals surface area contributed by atoms with Crippen LogP contribution in [0.5, 0.6) is 0 Å². The van der Waals surface area contributed by atoms with Crippen molar-refractivity contribution >= 4 is 12.0 Å². The molecule has 1 unspecified atom stereocenters. The Morgan fingerprint density at radius 3 is 2.26 bits per heavy atom. The van der Waals surface area contributed by atoms with Gasteiger partial charge in [-0.1, -0.05) is 0 Å². The lowest BCUT2D eigenvalue weighted by molar-refractivity contribution is -0.126. The van der Waals surface area contributed by atoms with Crippen molar-refractivity contribution in [1.29, 1.82) is 0 Å². The molecule has 2 N–H and O–H groups in total. The lowest BCUT2D eigenvalue weighted by Gasteiger charge is -2.33. The number of carbonyl (C=O) groups excluding carboxylic acids is 2. The van der Waals surface area contributed by atoms with Gasteiger partial charge >= 0.3 is 6.09 Å². The first-order valence-electron chi connectivity index (χ1n) is 8.12. The van der Waals surface area contributed by atoms with Crippen LogP contribution in [0.4, 0.5) is 4.79 Å². The second kappa shape index (κ2) is 7.97. The van der Waals surface area contributed by atoms with Crippen LogP contribution in [0.25, 0.3) is 0 Å². The molecule has 23 heavy (non-hydrogen) atoms. The van der Waals surface area contributed by atoms with Crippen molar-refractivity contribution < 1.29 is 19.1 Å². The Morgan fingerprint density at radius 1 is 1.17 bits per heavy atom. The predicted octanol–water partition coefficient (Wildman–Crippen LogP) is 1.13. The topological polar surface area (TPSA) is 79.9 Å². The third-order valence-electron chi connectivity index (χ3n) is 3.61. The van der Waals surface area contributed by atoms with Gasteiger partial charge in [0.1, 0.15) is 11.1 Å². The molecule has 0 bridgehead atoms. The lowest BCUT2D eigenvalue weighted by atomic mass is 10.0. The number of rotatable bonds is 5. The number of nitrogens with one attached hydrogen (secondary N) is 2. The molecule has 1 aliphatic heterocycles. The van der Waals surface area contributed by atoms with Crippen LogP contribution in [-0.4, -0.2) is 66.9 Å². The summed E-state index contributed by atoms with van der Waals surface area (Å²) in [6, 6.07) is 0.222. The normalized spacial score (nSPS) is 18.2. The number of amides is 2. The van der Waals surface area contributed by atoms with Gasteiger partial charge in [0, 0.05) is 25.7 Å². The standard InChI is InChI=1S/C16H31N3O4/c1-12(19-7-9-22-10-8-19)11-17-13(20)16(5,6)18-14(21)23-15(2,3)4/h12H,7-11H2,1-6H3,(H,17,20)(H,18,21). The molecule has 0 aromatic carbocycles. The van der Waals surface area contributed by atoms with E-state index in [1.54, 1.807) is 34.6 Å². The summed E-state index contributed by atoms with van der Waals surface area (Å²) in [5.41, 5.74) is -1.63. The fourth-order valence-electron chi connectivity index (χ4n) is 2.22. The van der Waals surface area contributed by atoms with Crippen LogP contribution in [0.1, 0.15) is 41.5 Å². The van der Waals surface area contributed by atoms with Crippen molar-refractivity contribution in [3.63, 3.8) is 0 Å². The molecule has 0 spiro atoms. The van der Waals surface area contributed by atoms with Crippen molar-refractivity contribution in [1.82, 2.24) is 15.5 Å². The number of hydrogen-bond acceptors (Lipinski definition) is 5. The smallest absolute Gasteiger partial charge is 0.408 e. The SMILES string of the molecule is CC(CNC(=O)C(C)(C)NC(=O)OC(C)(C)C)N1CCOCC1. The van der Waals surface area contributed by atoms with Crippen molar-refractivity contribution in [3.05, 3.63) is 0 Å². The Labute approximate surface area is 139 Å². The van der Waals surface area contributed by atoms with E-state index in [9.17, 15) is 9.59 Å². The average molecular weight is 329 g/mol. The van der Waals surface area contributed by atoms with Crippen LogP contribution in [0.3, 0.4) is 0 Å². The van der Waals surface area contributed by atoms with Gasteiger partial charge in [-0.3, -0.25) is 9.69 Å². The molecule has 7 nitrogen and oxygen atoms in total. The highest BCUT2D eigenvalue weighted by atomic mass is 16.6. The van der Waals surface area contributed by atoms with Gasteiger partial charge in [-0.05, 0) is 41.5 Å². The van der Waals surface area contributed by atoms with Crippen molar-refractivity contribution in [2.24, 2.45) is 0 Å². The quantitative estimate of drug-likeness (QED) is 0.790. The number of carbonyl (C=O) groups is 2. The monoisotopic (exact) mass is 329 g/mol. The largest absolute Gasteiger partial charge is 0.444 e. The molecule has 1 heterocycles. The second-order valence-corrected chi connectivity index (χ2v) is 7.46. The minimum atomic E-state index is -1.03. The van der Waals surface area contributed by atoms with Crippen molar-refractivity contribution in [2.75, 3.05) is 32.8 Å². The van der Waals surface area contributed by atoms with Gasteiger partial charge in [-0.2, -0.15) is 0 Å². The molecule has 0 aliphatic carbocycles. The van der Waals surface area contributed by atoms with E-state index < -0.39 is 17.2 Å². The summed E-state index contributed by atoms with van der Waals surface area (Å²) >= 11 is 0. The van der Waals surface area contributed by atoms with Crippen LogP contribution in [0.15, 0.2) is 0 Å². The molecule has 0 radical (unpaired) electrons. The maximum absolute atomic E-state index is 12.3. The van der Waals surface area contributed by atoms with Gasteiger partial charge in [-0.15, -0.1) is 0 Å². The molecule has 1 rings (SSSR count). The van der Waals surface area contributed by atoms with E-state index in [-0.39, 0.29) is 11.9 Å². The molecular formula is C16H31N3O4. The van der Waals surface area contributed by atoms with Crippen LogP contribution in [0, 0.1) is 0 Å². The summed E-state index contributed by atoms with van der Waals surface area (Å²) in [6.45, 7) is 14.5. The summed E-state index contributed by atoms with van der Waals surface area (Å²) < 4.78 is 10.5. The highest BCUT2D eigenvalue weighted by molar-refractivity contribution is 5.89. The van der Waals surface area contributed by atoms with Crippen LogP contribution in [-0.2, 0) is 14.3 Å². The van der Waals surface area contributed by atoms with Crippen molar-refractivity contribution in [2.45, 2.75) is 58.7 Å². The van der Waals surface area contributed by atoms with E-state index in [0.717, 1.165) is 26.3 Å². The van der Waals surface area contributed by atoms with Gasteiger partial charge in [0.05, 0.1) is 13.2 Å². The molecule has 1 fully saturated rings. The summed E-state index contributed by atoms with van der Waals surface area (Å²) in [6.07, 6.45) is -0.598. The van der Waals surface area contributed by atoms with Gasteiger partial charge in [0.2, 0.25) is 5.91 Å². The number of nitrogens with zero attached hydrogens (tertiary/aromatic N) is 1. The number of morpholine rings is 1. The second-order valence-electron chi connectivity index (χ2n) is 7.46. The number of hydrogen-bond donors (Lipinski definition) is 2. The van der Waals surface area contributed by atoms with Crippen molar-refractivity contribution in [3.8, 4) is 0 Å². The molecule has 1 atom stereocenters. The first-order valence-corrected chi connectivity index (χ1v) is 8.12. The van der Waals surface area contributed by atoms with Gasteiger partial charge < -0.3 is 20.1 Å².